The Morgan fingerprint density at radius 3 is 2.10 bits per heavy atom. The molecular weight excluding hydrogens is 503 g/mol. The van der Waals surface area contributed by atoms with Crippen LogP contribution < -0.4 is 10.6 Å². The maximum atomic E-state index is 4.99. The van der Waals surface area contributed by atoms with E-state index in [9.17, 15) is 0 Å². The van der Waals surface area contributed by atoms with Gasteiger partial charge >= 0.3 is 0 Å². The topological polar surface area (TPSA) is 78.6 Å². The number of guanidine groups is 1. The van der Waals surface area contributed by atoms with Gasteiger partial charge in [-0.15, -0.1) is 24.0 Å². The summed E-state index contributed by atoms with van der Waals surface area (Å²) in [4.78, 5) is 10.9. The normalized spacial score (nSPS) is 11.3. The summed E-state index contributed by atoms with van der Waals surface area (Å²) >= 11 is 0. The van der Waals surface area contributed by atoms with E-state index in [1.807, 2.05) is 0 Å². The Hall–Kier alpha value is -2.46. The molecule has 1 heterocycles. The summed E-state index contributed by atoms with van der Waals surface area (Å²) in [6.07, 6.45) is 1.00. The second-order valence-corrected chi connectivity index (χ2v) is 7.12. The van der Waals surface area contributed by atoms with Crippen LogP contribution in [-0.2, 0) is 19.6 Å². The Kier molecular flexibility index (Phi) is 11.0. The SMILES string of the molecule is CN=C(NCCCN(Cc1ccccc1)Cc1ccccc1)NCc1noc(C)n1.I. The smallest absolute Gasteiger partial charge is 0.223 e. The molecule has 0 radical (unpaired) electrons. The molecule has 0 amide bonds. The molecule has 0 saturated heterocycles. The quantitative estimate of drug-likeness (QED) is 0.179. The van der Waals surface area contributed by atoms with Crippen LogP contribution in [0.4, 0.5) is 0 Å². The number of benzene rings is 2. The van der Waals surface area contributed by atoms with E-state index in [1.165, 1.54) is 11.1 Å². The van der Waals surface area contributed by atoms with Gasteiger partial charge in [-0.3, -0.25) is 9.89 Å². The van der Waals surface area contributed by atoms with Crippen LogP contribution in [0, 0.1) is 6.92 Å². The standard InChI is InChI=1S/C23H30N6O.HI/c1-19-27-22(28-30-19)16-26-23(24-2)25-14-9-15-29(17-20-10-5-3-6-11-20)18-21-12-7-4-8-13-21;/h3-8,10-13H,9,14-18H2,1-2H3,(H2,24,25,26);1H. The van der Waals surface area contributed by atoms with Gasteiger partial charge in [0.05, 0.1) is 6.54 Å². The van der Waals surface area contributed by atoms with Crippen LogP contribution in [0.2, 0.25) is 0 Å². The number of nitrogens with zero attached hydrogens (tertiary/aromatic N) is 4. The van der Waals surface area contributed by atoms with E-state index in [4.69, 9.17) is 4.52 Å². The van der Waals surface area contributed by atoms with Gasteiger partial charge in [-0.25, -0.2) is 0 Å². The third kappa shape index (κ3) is 9.06. The minimum atomic E-state index is 0. The summed E-state index contributed by atoms with van der Waals surface area (Å²) in [6, 6.07) is 21.2. The minimum Gasteiger partial charge on any atom is -0.356 e. The first-order valence-corrected chi connectivity index (χ1v) is 10.3. The fraction of sp³-hybridized carbons (Fsp3) is 0.348. The summed E-state index contributed by atoms with van der Waals surface area (Å²) in [5.41, 5.74) is 2.66. The van der Waals surface area contributed by atoms with Crippen molar-refractivity contribution in [2.45, 2.75) is 33.0 Å². The van der Waals surface area contributed by atoms with Crippen molar-refractivity contribution in [1.82, 2.24) is 25.7 Å². The zero-order chi connectivity index (χ0) is 21.0. The second-order valence-electron chi connectivity index (χ2n) is 7.12. The van der Waals surface area contributed by atoms with Gasteiger partial charge in [0.25, 0.3) is 0 Å². The second kappa shape index (κ2) is 13.8. The highest BCUT2D eigenvalue weighted by Gasteiger charge is 2.08. The number of hydrogen-bond donors (Lipinski definition) is 2. The van der Waals surface area contributed by atoms with Gasteiger partial charge in [0.15, 0.2) is 11.8 Å². The predicted octanol–water partition coefficient (Wildman–Crippen LogP) is 3.75. The highest BCUT2D eigenvalue weighted by Crippen LogP contribution is 2.10. The lowest BCUT2D eigenvalue weighted by molar-refractivity contribution is 0.254. The molecule has 7 nitrogen and oxygen atoms in total. The van der Waals surface area contributed by atoms with Gasteiger partial charge in [0.1, 0.15) is 0 Å². The third-order valence-electron chi connectivity index (χ3n) is 4.65. The van der Waals surface area contributed by atoms with Crippen molar-refractivity contribution in [2.75, 3.05) is 20.1 Å². The molecule has 0 unspecified atom stereocenters. The van der Waals surface area contributed by atoms with Crippen LogP contribution in [0.5, 0.6) is 0 Å². The monoisotopic (exact) mass is 534 g/mol. The zero-order valence-corrected chi connectivity index (χ0v) is 20.5. The summed E-state index contributed by atoms with van der Waals surface area (Å²) in [7, 11) is 1.76. The van der Waals surface area contributed by atoms with Crippen molar-refractivity contribution in [3.63, 3.8) is 0 Å². The van der Waals surface area contributed by atoms with Gasteiger partial charge in [-0.2, -0.15) is 4.98 Å². The number of aromatic nitrogens is 2. The third-order valence-corrected chi connectivity index (χ3v) is 4.65. The van der Waals surface area contributed by atoms with Crippen molar-refractivity contribution in [1.29, 1.82) is 0 Å². The molecule has 166 valence electrons. The van der Waals surface area contributed by atoms with E-state index in [0.29, 0.717) is 18.3 Å². The van der Waals surface area contributed by atoms with E-state index >= 15 is 0 Å². The molecule has 0 saturated carbocycles. The van der Waals surface area contributed by atoms with Gasteiger partial charge in [0, 0.05) is 40.2 Å². The molecule has 0 aliphatic heterocycles. The summed E-state index contributed by atoms with van der Waals surface area (Å²) in [6.45, 7) is 5.92. The average Bonchev–Trinajstić information content (AvgIpc) is 3.19. The lowest BCUT2D eigenvalue weighted by atomic mass is 10.1. The number of rotatable bonds is 10. The maximum absolute atomic E-state index is 4.99. The Bertz CT molecular complexity index is 859. The molecule has 3 rings (SSSR count). The molecule has 0 bridgehead atoms. The van der Waals surface area contributed by atoms with Crippen LogP contribution in [0.15, 0.2) is 70.2 Å². The van der Waals surface area contributed by atoms with Crippen molar-refractivity contribution >= 4 is 29.9 Å². The number of nitrogens with one attached hydrogen (secondary N) is 2. The minimum absolute atomic E-state index is 0. The Balaban J connectivity index is 0.00000341. The van der Waals surface area contributed by atoms with Crippen molar-refractivity contribution in [3.05, 3.63) is 83.5 Å². The fourth-order valence-electron chi connectivity index (χ4n) is 3.20. The lowest BCUT2D eigenvalue weighted by Crippen LogP contribution is -2.38. The Morgan fingerprint density at radius 2 is 1.58 bits per heavy atom. The largest absolute Gasteiger partial charge is 0.356 e. The first-order valence-electron chi connectivity index (χ1n) is 10.3. The van der Waals surface area contributed by atoms with Crippen LogP contribution in [0.25, 0.3) is 0 Å². The molecule has 0 aliphatic rings. The molecule has 0 fully saturated rings. The van der Waals surface area contributed by atoms with Crippen LogP contribution in [0.3, 0.4) is 0 Å². The lowest BCUT2D eigenvalue weighted by Gasteiger charge is -2.23. The van der Waals surface area contributed by atoms with Gasteiger partial charge in [0.2, 0.25) is 5.89 Å². The van der Waals surface area contributed by atoms with Gasteiger partial charge in [-0.1, -0.05) is 65.8 Å². The molecule has 1 aromatic heterocycles. The molecule has 0 spiro atoms. The fourth-order valence-corrected chi connectivity index (χ4v) is 3.20. The van der Waals surface area contributed by atoms with Crippen LogP contribution in [0.1, 0.15) is 29.3 Å². The van der Waals surface area contributed by atoms with Crippen molar-refractivity contribution < 1.29 is 4.52 Å². The first kappa shape index (κ1) is 24.8. The average molecular weight is 534 g/mol. The molecule has 8 heteroatoms. The zero-order valence-electron chi connectivity index (χ0n) is 18.1. The highest BCUT2D eigenvalue weighted by molar-refractivity contribution is 14.0. The molecule has 31 heavy (non-hydrogen) atoms. The molecule has 2 aromatic carbocycles. The van der Waals surface area contributed by atoms with Crippen LogP contribution >= 0.6 is 24.0 Å². The van der Waals surface area contributed by atoms with Crippen molar-refractivity contribution in [3.8, 4) is 0 Å². The first-order chi connectivity index (χ1) is 14.7. The summed E-state index contributed by atoms with van der Waals surface area (Å²) in [5, 5.41) is 10.4. The van der Waals surface area contributed by atoms with Crippen LogP contribution in [-0.4, -0.2) is 41.1 Å². The number of halogens is 1. The summed E-state index contributed by atoms with van der Waals surface area (Å²) < 4.78 is 4.99. The number of hydrogen-bond acceptors (Lipinski definition) is 5. The number of aryl methyl sites for hydroxylation is 1. The number of aliphatic imine (C=N–C) groups is 1. The van der Waals surface area contributed by atoms with E-state index in [2.05, 4.69) is 91.3 Å². The Morgan fingerprint density at radius 1 is 0.968 bits per heavy atom. The summed E-state index contributed by atoms with van der Waals surface area (Å²) in [5.74, 6) is 1.91. The molecule has 0 atom stereocenters. The van der Waals surface area contributed by atoms with E-state index < -0.39 is 0 Å². The molecule has 2 N–H and O–H groups in total. The Labute approximate surface area is 201 Å². The highest BCUT2D eigenvalue weighted by atomic mass is 127. The van der Waals surface area contributed by atoms with E-state index in [-0.39, 0.29) is 24.0 Å². The van der Waals surface area contributed by atoms with E-state index in [1.54, 1.807) is 14.0 Å². The molecular formula is C23H31IN6O. The maximum Gasteiger partial charge on any atom is 0.223 e. The predicted molar refractivity (Wildman–Crippen MR) is 134 cm³/mol. The van der Waals surface area contributed by atoms with Gasteiger partial charge < -0.3 is 15.2 Å². The molecule has 3 aromatic rings. The molecule has 0 aliphatic carbocycles. The van der Waals surface area contributed by atoms with Crippen molar-refractivity contribution in [2.24, 2.45) is 4.99 Å². The van der Waals surface area contributed by atoms with Gasteiger partial charge in [-0.05, 0) is 17.5 Å². The van der Waals surface area contributed by atoms with E-state index in [0.717, 1.165) is 38.6 Å².